The minimum atomic E-state index is -1.02. The number of carbonyl (C=O) groups excluding carboxylic acids is 2. The molecule has 1 heterocycles. The van der Waals surface area contributed by atoms with Gasteiger partial charge in [0.05, 0.1) is 0 Å². The van der Waals surface area contributed by atoms with E-state index in [-0.39, 0.29) is 11.5 Å². The molecule has 0 aromatic rings. The zero-order valence-electron chi connectivity index (χ0n) is 16.7. The number of carbonyl (C=O) groups is 3. The SMILES string of the molecule is CC(=O)O[C@]12CC=C(C)C=C[C@@]13CC[C@@H]2[C@@](C)(/C=C/C=C(\C)C(=O)O)OC3=O. The van der Waals surface area contributed by atoms with E-state index >= 15 is 0 Å². The maximum absolute atomic E-state index is 13.2. The van der Waals surface area contributed by atoms with Gasteiger partial charge in [-0.15, -0.1) is 0 Å². The van der Waals surface area contributed by atoms with Crippen molar-refractivity contribution in [1.29, 1.82) is 0 Å². The van der Waals surface area contributed by atoms with Crippen molar-refractivity contribution in [2.45, 2.75) is 58.2 Å². The predicted molar refractivity (Wildman–Crippen MR) is 102 cm³/mol. The molecule has 2 fully saturated rings. The summed E-state index contributed by atoms with van der Waals surface area (Å²) in [4.78, 5) is 36.3. The van der Waals surface area contributed by atoms with Crippen LogP contribution in [-0.4, -0.2) is 34.2 Å². The van der Waals surface area contributed by atoms with Gasteiger partial charge in [-0.2, -0.15) is 0 Å². The topological polar surface area (TPSA) is 89.9 Å². The lowest BCUT2D eigenvalue weighted by atomic mass is 9.63. The zero-order chi connectivity index (χ0) is 20.7. The monoisotopic (exact) mass is 386 g/mol. The van der Waals surface area contributed by atoms with Crippen molar-refractivity contribution < 1.29 is 29.0 Å². The van der Waals surface area contributed by atoms with Gasteiger partial charge in [-0.05, 0) is 39.7 Å². The highest BCUT2D eigenvalue weighted by molar-refractivity contribution is 5.86. The molecule has 6 heteroatoms. The number of rotatable bonds is 4. The number of carboxylic acid groups (broad SMARTS) is 1. The Morgan fingerprint density at radius 1 is 1.36 bits per heavy atom. The molecule has 0 aromatic carbocycles. The van der Waals surface area contributed by atoms with Gasteiger partial charge in [0.15, 0.2) is 0 Å². The number of hydrogen-bond acceptors (Lipinski definition) is 5. The molecule has 1 saturated carbocycles. The molecular formula is C22H26O6. The smallest absolute Gasteiger partial charge is 0.331 e. The van der Waals surface area contributed by atoms with Gasteiger partial charge in [0.25, 0.3) is 0 Å². The third kappa shape index (κ3) is 2.91. The first-order chi connectivity index (χ1) is 13.1. The minimum absolute atomic E-state index is 0.174. The van der Waals surface area contributed by atoms with Crippen molar-refractivity contribution >= 4 is 17.9 Å². The summed E-state index contributed by atoms with van der Waals surface area (Å²) >= 11 is 0. The number of cyclic esters (lactones) is 1. The molecule has 1 saturated heterocycles. The molecule has 6 nitrogen and oxygen atoms in total. The Morgan fingerprint density at radius 3 is 2.71 bits per heavy atom. The average Bonchev–Trinajstić information content (AvgIpc) is 2.77. The van der Waals surface area contributed by atoms with Crippen LogP contribution >= 0.6 is 0 Å². The molecule has 0 radical (unpaired) electrons. The fourth-order valence-corrected chi connectivity index (χ4v) is 4.85. The summed E-state index contributed by atoms with van der Waals surface area (Å²) in [7, 11) is 0. The Labute approximate surface area is 164 Å². The Bertz CT molecular complexity index is 847. The Morgan fingerprint density at radius 2 is 2.07 bits per heavy atom. The highest BCUT2D eigenvalue weighted by Crippen LogP contribution is 2.64. The summed E-state index contributed by atoms with van der Waals surface area (Å²) in [6.45, 7) is 6.59. The van der Waals surface area contributed by atoms with Gasteiger partial charge in [0.2, 0.25) is 0 Å². The van der Waals surface area contributed by atoms with Gasteiger partial charge in [-0.1, -0.05) is 36.0 Å². The highest BCUT2D eigenvalue weighted by Gasteiger charge is 2.73. The molecule has 0 aromatic heterocycles. The van der Waals surface area contributed by atoms with E-state index in [4.69, 9.17) is 14.6 Å². The molecule has 4 atom stereocenters. The van der Waals surface area contributed by atoms with Crippen LogP contribution in [0.25, 0.3) is 0 Å². The molecule has 3 aliphatic rings. The molecule has 1 aliphatic heterocycles. The summed E-state index contributed by atoms with van der Waals surface area (Å²) in [6.07, 6.45) is 12.1. The van der Waals surface area contributed by atoms with Crippen molar-refractivity contribution in [3.8, 4) is 0 Å². The van der Waals surface area contributed by atoms with Crippen LogP contribution in [0, 0.1) is 11.3 Å². The van der Waals surface area contributed by atoms with E-state index in [2.05, 4.69) is 0 Å². The quantitative estimate of drug-likeness (QED) is 0.452. The van der Waals surface area contributed by atoms with E-state index in [0.29, 0.717) is 19.3 Å². The highest BCUT2D eigenvalue weighted by atomic mass is 16.6. The number of hydrogen-bond donors (Lipinski definition) is 1. The minimum Gasteiger partial charge on any atom is -0.478 e. The van der Waals surface area contributed by atoms with E-state index in [9.17, 15) is 14.4 Å². The molecule has 3 rings (SSSR count). The summed E-state index contributed by atoms with van der Waals surface area (Å²) in [5.41, 5.74) is -1.86. The van der Waals surface area contributed by atoms with E-state index in [1.54, 1.807) is 19.1 Å². The van der Waals surface area contributed by atoms with Crippen LogP contribution in [-0.2, 0) is 23.9 Å². The van der Waals surface area contributed by atoms with Gasteiger partial charge in [0.1, 0.15) is 16.6 Å². The van der Waals surface area contributed by atoms with E-state index in [0.717, 1.165) is 5.57 Å². The van der Waals surface area contributed by atoms with Crippen LogP contribution in [0.1, 0.15) is 47.0 Å². The first-order valence-electron chi connectivity index (χ1n) is 9.45. The second kappa shape index (κ2) is 6.76. The average molecular weight is 386 g/mol. The van der Waals surface area contributed by atoms with Crippen LogP contribution in [0.15, 0.2) is 47.6 Å². The second-order valence-electron chi connectivity index (χ2n) is 8.12. The number of ether oxygens (including phenoxy) is 2. The molecule has 2 aliphatic carbocycles. The third-order valence-corrected chi connectivity index (χ3v) is 6.31. The summed E-state index contributed by atoms with van der Waals surface area (Å²) in [5, 5.41) is 9.02. The zero-order valence-corrected chi connectivity index (χ0v) is 16.7. The fraction of sp³-hybridized carbons (Fsp3) is 0.500. The van der Waals surface area contributed by atoms with Crippen molar-refractivity contribution in [2.75, 3.05) is 0 Å². The van der Waals surface area contributed by atoms with Crippen molar-refractivity contribution in [1.82, 2.24) is 0 Å². The van der Waals surface area contributed by atoms with E-state index in [1.807, 2.05) is 25.2 Å². The largest absolute Gasteiger partial charge is 0.478 e. The van der Waals surface area contributed by atoms with Crippen molar-refractivity contribution in [3.05, 3.63) is 47.6 Å². The number of carboxylic acids is 1. The van der Waals surface area contributed by atoms with Gasteiger partial charge in [-0.25, -0.2) is 4.79 Å². The molecule has 28 heavy (non-hydrogen) atoms. The van der Waals surface area contributed by atoms with Gasteiger partial charge in [-0.3, -0.25) is 9.59 Å². The number of esters is 2. The second-order valence-corrected chi connectivity index (χ2v) is 8.12. The molecular weight excluding hydrogens is 360 g/mol. The van der Waals surface area contributed by atoms with Crippen LogP contribution in [0.5, 0.6) is 0 Å². The first kappa shape index (κ1) is 20.1. The lowest BCUT2D eigenvalue weighted by molar-refractivity contribution is -0.225. The van der Waals surface area contributed by atoms with Gasteiger partial charge < -0.3 is 14.6 Å². The van der Waals surface area contributed by atoms with Crippen molar-refractivity contribution in [2.24, 2.45) is 11.3 Å². The molecule has 1 N–H and O–H groups in total. The Hall–Kier alpha value is -2.63. The van der Waals surface area contributed by atoms with Crippen LogP contribution in [0.3, 0.4) is 0 Å². The normalized spacial score (nSPS) is 37.1. The lowest BCUT2D eigenvalue weighted by Crippen LogP contribution is -2.65. The summed E-state index contributed by atoms with van der Waals surface area (Å²) in [6, 6.07) is 0. The number of allylic oxidation sites excluding steroid dienone is 4. The summed E-state index contributed by atoms with van der Waals surface area (Å²) in [5.74, 6) is -2.10. The van der Waals surface area contributed by atoms with E-state index < -0.39 is 34.5 Å². The molecule has 0 amide bonds. The standard InChI is InChI=1S/C22H26O6/c1-14-7-11-21-12-9-17(22(21,13-8-14)27-16(3)23)20(4,28-19(21)26)10-5-6-15(2)18(24)25/h5-8,10-11,17H,9,12-13H2,1-4H3,(H,24,25)/b10-5+,15-6+/t17-,20-,21+,22+/m1/s1. The van der Waals surface area contributed by atoms with Crippen LogP contribution in [0.4, 0.5) is 0 Å². The molecule has 2 bridgehead atoms. The predicted octanol–water partition coefficient (Wildman–Crippen LogP) is 3.49. The maximum atomic E-state index is 13.2. The van der Waals surface area contributed by atoms with Gasteiger partial charge in [0, 0.05) is 24.8 Å². The van der Waals surface area contributed by atoms with Crippen LogP contribution < -0.4 is 0 Å². The third-order valence-electron chi connectivity index (χ3n) is 6.31. The number of aliphatic carboxylic acids is 1. The maximum Gasteiger partial charge on any atom is 0.331 e. The Kier molecular flexibility index (Phi) is 4.86. The Balaban J connectivity index is 2.10. The van der Waals surface area contributed by atoms with E-state index in [1.165, 1.54) is 19.9 Å². The molecule has 0 unspecified atom stereocenters. The molecule has 0 spiro atoms. The van der Waals surface area contributed by atoms with Gasteiger partial charge >= 0.3 is 17.9 Å². The molecule has 150 valence electrons. The summed E-state index contributed by atoms with van der Waals surface area (Å²) < 4.78 is 11.8. The first-order valence-corrected chi connectivity index (χ1v) is 9.45. The lowest BCUT2D eigenvalue weighted by Gasteiger charge is -2.53. The van der Waals surface area contributed by atoms with Crippen LogP contribution in [0.2, 0.25) is 0 Å². The van der Waals surface area contributed by atoms with Crippen molar-refractivity contribution in [3.63, 3.8) is 0 Å². The fourth-order valence-electron chi connectivity index (χ4n) is 4.85.